The normalized spacial score (nSPS) is 23.6. The fourth-order valence-electron chi connectivity index (χ4n) is 6.74. The number of benzene rings is 1. The second kappa shape index (κ2) is 8.94. The molecule has 0 radical (unpaired) electrons. The van der Waals surface area contributed by atoms with Crippen LogP contribution < -0.4 is 10.3 Å². The number of sulfonamides is 1. The van der Waals surface area contributed by atoms with Crippen molar-refractivity contribution in [3.8, 4) is 17.1 Å². The van der Waals surface area contributed by atoms with Gasteiger partial charge in [-0.2, -0.15) is 9.40 Å². The number of aromatic nitrogens is 4. The fraction of sp³-hybridized carbons (Fsp3) is 0.593. The fourth-order valence-corrected chi connectivity index (χ4v) is 8.54. The van der Waals surface area contributed by atoms with Crippen molar-refractivity contribution in [2.75, 3.05) is 13.2 Å². The lowest BCUT2D eigenvalue weighted by Crippen LogP contribution is -2.37. The molecule has 3 aromatic rings. The van der Waals surface area contributed by atoms with Gasteiger partial charge in [0, 0.05) is 19.6 Å². The molecule has 0 amide bonds. The van der Waals surface area contributed by atoms with Crippen LogP contribution in [0.1, 0.15) is 66.0 Å². The van der Waals surface area contributed by atoms with Gasteiger partial charge in [-0.15, -0.1) is 0 Å². The molecule has 1 saturated carbocycles. The molecule has 37 heavy (non-hydrogen) atoms. The molecule has 2 aliphatic rings. The Labute approximate surface area is 218 Å². The maximum Gasteiger partial charge on any atom is 0.277 e. The van der Waals surface area contributed by atoms with Crippen LogP contribution in [0, 0.1) is 10.8 Å². The van der Waals surface area contributed by atoms with Gasteiger partial charge in [-0.1, -0.05) is 34.1 Å². The topological polar surface area (TPSA) is 110 Å². The van der Waals surface area contributed by atoms with E-state index in [0.717, 1.165) is 31.4 Å². The van der Waals surface area contributed by atoms with E-state index in [4.69, 9.17) is 9.72 Å². The molecule has 1 N–H and O–H groups in total. The zero-order chi connectivity index (χ0) is 26.8. The monoisotopic (exact) mass is 527 g/mol. The minimum atomic E-state index is -3.77. The smallest absolute Gasteiger partial charge is 0.277 e. The van der Waals surface area contributed by atoms with Crippen LogP contribution in [-0.4, -0.2) is 51.7 Å². The van der Waals surface area contributed by atoms with Gasteiger partial charge in [-0.3, -0.25) is 9.48 Å². The summed E-state index contributed by atoms with van der Waals surface area (Å²) in [4.78, 5) is 20.9. The predicted molar refractivity (Wildman–Crippen MR) is 143 cm³/mol. The largest absolute Gasteiger partial charge is 0.493 e. The summed E-state index contributed by atoms with van der Waals surface area (Å²) in [5.41, 5.74) is 1.87. The van der Waals surface area contributed by atoms with Gasteiger partial charge in [0.1, 0.15) is 17.1 Å². The molecule has 10 heteroatoms. The molecule has 0 spiro atoms. The third-order valence-electron chi connectivity index (χ3n) is 7.73. The summed E-state index contributed by atoms with van der Waals surface area (Å²) in [7, 11) is -2.04. The molecule has 1 aliphatic carbocycles. The number of fused-ring (bicyclic) bond motifs is 3. The van der Waals surface area contributed by atoms with Crippen molar-refractivity contribution < 1.29 is 13.2 Å². The Morgan fingerprint density at radius 3 is 2.65 bits per heavy atom. The van der Waals surface area contributed by atoms with E-state index in [2.05, 4.69) is 30.9 Å². The van der Waals surface area contributed by atoms with Gasteiger partial charge in [0.2, 0.25) is 10.0 Å². The minimum absolute atomic E-state index is 0.0185. The molecule has 9 nitrogen and oxygen atoms in total. The Bertz CT molecular complexity index is 1520. The highest BCUT2D eigenvalue weighted by molar-refractivity contribution is 7.89. The molecule has 2 aromatic heterocycles. The van der Waals surface area contributed by atoms with E-state index < -0.39 is 10.0 Å². The number of nitrogens with zero attached hydrogens (tertiary/aromatic N) is 4. The zero-order valence-corrected chi connectivity index (χ0v) is 23.4. The van der Waals surface area contributed by atoms with E-state index in [9.17, 15) is 13.2 Å². The van der Waals surface area contributed by atoms with Crippen molar-refractivity contribution in [2.24, 2.45) is 17.9 Å². The lowest BCUT2D eigenvalue weighted by Gasteiger charge is -2.39. The average molecular weight is 528 g/mol. The summed E-state index contributed by atoms with van der Waals surface area (Å²) in [5, 5.41) is 4.49. The predicted octanol–water partition coefficient (Wildman–Crippen LogP) is 4.26. The molecular weight excluding hydrogens is 490 g/mol. The number of ether oxygens (including phenoxy) is 1. The van der Waals surface area contributed by atoms with Crippen LogP contribution in [0.25, 0.3) is 22.4 Å². The van der Waals surface area contributed by atoms with E-state index in [0.29, 0.717) is 41.9 Å². The van der Waals surface area contributed by atoms with Crippen molar-refractivity contribution in [1.29, 1.82) is 0 Å². The molecule has 5 rings (SSSR count). The Hall–Kier alpha value is -2.72. The number of hydrogen-bond acceptors (Lipinski definition) is 6. The number of aromatic amines is 1. The maximum atomic E-state index is 14.0. The van der Waals surface area contributed by atoms with Crippen LogP contribution in [0.15, 0.2) is 27.9 Å². The van der Waals surface area contributed by atoms with E-state index >= 15 is 0 Å². The quantitative estimate of drug-likeness (QED) is 0.492. The molecule has 0 unspecified atom stereocenters. The van der Waals surface area contributed by atoms with Crippen molar-refractivity contribution >= 4 is 21.1 Å². The lowest BCUT2D eigenvalue weighted by molar-refractivity contribution is 0.133. The van der Waals surface area contributed by atoms with E-state index in [-0.39, 0.29) is 33.2 Å². The Kier molecular flexibility index (Phi) is 6.26. The average Bonchev–Trinajstić information content (AvgIpc) is 3.26. The van der Waals surface area contributed by atoms with Crippen molar-refractivity contribution in [2.45, 2.75) is 77.7 Å². The number of hydrogen-bond donors (Lipinski definition) is 1. The standard InChI is InChI=1S/C27H37N5O4S/c1-7-9-20-22-23(31(6)30-20)25(33)29-24(28-22)19-12-18(10-11-21(19)36-8-2)37(34,35)32-16-27(5)14-17(32)13-26(3,4)15-27/h10-12,17H,7-9,13-16H2,1-6H3,(H,28,29,33)/t17-,27-/m0/s1. The number of H-pyrrole nitrogens is 1. The zero-order valence-electron chi connectivity index (χ0n) is 22.6. The van der Waals surface area contributed by atoms with Crippen molar-refractivity contribution in [1.82, 2.24) is 24.1 Å². The molecule has 3 heterocycles. The van der Waals surface area contributed by atoms with Gasteiger partial charge in [0.05, 0.1) is 22.8 Å². The molecule has 1 aliphatic heterocycles. The Morgan fingerprint density at radius 1 is 1.19 bits per heavy atom. The van der Waals surface area contributed by atoms with Crippen LogP contribution in [-0.2, 0) is 23.5 Å². The van der Waals surface area contributed by atoms with Crippen LogP contribution in [0.5, 0.6) is 5.75 Å². The molecule has 1 saturated heterocycles. The molecule has 2 fully saturated rings. The summed E-state index contributed by atoms with van der Waals surface area (Å²) in [6.45, 7) is 11.5. The molecule has 2 atom stereocenters. The van der Waals surface area contributed by atoms with Crippen molar-refractivity contribution in [3.63, 3.8) is 0 Å². The van der Waals surface area contributed by atoms with Crippen molar-refractivity contribution in [3.05, 3.63) is 34.2 Å². The van der Waals surface area contributed by atoms with Gasteiger partial charge >= 0.3 is 0 Å². The third-order valence-corrected chi connectivity index (χ3v) is 9.62. The van der Waals surface area contributed by atoms with E-state index in [1.165, 1.54) is 0 Å². The summed E-state index contributed by atoms with van der Waals surface area (Å²) in [6.07, 6.45) is 4.28. The number of aryl methyl sites for hydroxylation is 2. The Morgan fingerprint density at radius 2 is 1.95 bits per heavy atom. The highest BCUT2D eigenvalue weighted by Gasteiger charge is 2.53. The summed E-state index contributed by atoms with van der Waals surface area (Å²) in [6, 6.07) is 4.84. The molecule has 200 valence electrons. The first-order valence-electron chi connectivity index (χ1n) is 13.1. The molecule has 1 aromatic carbocycles. The van der Waals surface area contributed by atoms with E-state index in [1.807, 2.05) is 13.8 Å². The highest BCUT2D eigenvalue weighted by Crippen LogP contribution is 2.53. The van der Waals surface area contributed by atoms with Crippen LogP contribution in [0.2, 0.25) is 0 Å². The van der Waals surface area contributed by atoms with Crippen LogP contribution >= 0.6 is 0 Å². The van der Waals surface area contributed by atoms with Crippen LogP contribution in [0.3, 0.4) is 0 Å². The second-order valence-electron chi connectivity index (χ2n) is 11.8. The van der Waals surface area contributed by atoms with Gasteiger partial charge in [0.25, 0.3) is 5.56 Å². The first kappa shape index (κ1) is 25.9. The first-order valence-corrected chi connectivity index (χ1v) is 14.6. The number of nitrogens with one attached hydrogen (secondary N) is 1. The highest BCUT2D eigenvalue weighted by atomic mass is 32.2. The van der Waals surface area contributed by atoms with E-state index in [1.54, 1.807) is 34.2 Å². The van der Waals surface area contributed by atoms with Gasteiger partial charge in [0.15, 0.2) is 5.52 Å². The lowest BCUT2D eigenvalue weighted by atomic mass is 9.65. The Balaban J connectivity index is 1.62. The molecular formula is C27H37N5O4S. The SMILES string of the molecule is CCCc1nn(C)c2c(=O)[nH]c(-c3cc(S(=O)(=O)N4C[C@@]5(C)C[C@@H]4CC(C)(C)C5)ccc3OCC)nc12. The minimum Gasteiger partial charge on any atom is -0.493 e. The van der Waals surface area contributed by atoms with Gasteiger partial charge in [-0.05, 0) is 61.6 Å². The molecule has 2 bridgehead atoms. The third kappa shape index (κ3) is 4.48. The number of rotatable bonds is 7. The first-order chi connectivity index (χ1) is 17.4. The maximum absolute atomic E-state index is 14.0. The summed E-state index contributed by atoms with van der Waals surface area (Å²) >= 11 is 0. The van der Waals surface area contributed by atoms with Crippen LogP contribution in [0.4, 0.5) is 0 Å². The second-order valence-corrected chi connectivity index (χ2v) is 13.7. The van der Waals surface area contributed by atoms with Gasteiger partial charge in [-0.25, -0.2) is 13.4 Å². The summed E-state index contributed by atoms with van der Waals surface area (Å²) < 4.78 is 37.1. The van der Waals surface area contributed by atoms with Gasteiger partial charge < -0.3 is 9.72 Å². The summed E-state index contributed by atoms with van der Waals surface area (Å²) in [5.74, 6) is 0.745.